The molecule has 0 saturated heterocycles. The topological polar surface area (TPSA) is 34.5 Å². The first-order valence-corrected chi connectivity index (χ1v) is 10.1. The summed E-state index contributed by atoms with van der Waals surface area (Å²) in [6.45, 7) is 8.09. The molecule has 1 aliphatic rings. The zero-order valence-corrected chi connectivity index (χ0v) is 17.6. The van der Waals surface area contributed by atoms with E-state index in [4.69, 9.17) is 4.74 Å². The van der Waals surface area contributed by atoms with Gasteiger partial charge >= 0.3 is 0 Å². The van der Waals surface area contributed by atoms with E-state index in [1.165, 1.54) is 5.56 Å². The Bertz CT molecular complexity index is 1010. The number of benzene rings is 2. The van der Waals surface area contributed by atoms with E-state index in [0.717, 1.165) is 17.8 Å². The zero-order chi connectivity index (χ0) is 20.6. The fraction of sp³-hybridized carbons (Fsp3) is 0.320. The Kier molecular flexibility index (Phi) is 4.95. The van der Waals surface area contributed by atoms with Gasteiger partial charge in [-0.3, -0.25) is 4.79 Å². The molecule has 1 aromatic heterocycles. The lowest BCUT2D eigenvalue weighted by Gasteiger charge is -2.38. The van der Waals surface area contributed by atoms with Crippen LogP contribution in [-0.2, 0) is 12.0 Å². The average molecular weight is 389 g/mol. The van der Waals surface area contributed by atoms with Gasteiger partial charge in [0.25, 0.3) is 5.91 Å². The van der Waals surface area contributed by atoms with Crippen molar-refractivity contribution in [2.45, 2.75) is 38.8 Å². The van der Waals surface area contributed by atoms with Crippen LogP contribution in [0.4, 0.5) is 0 Å². The molecule has 0 fully saturated rings. The van der Waals surface area contributed by atoms with Crippen LogP contribution in [0.15, 0.2) is 66.9 Å². The highest BCUT2D eigenvalue weighted by Crippen LogP contribution is 2.35. The highest BCUT2D eigenvalue weighted by Gasteiger charge is 2.33. The van der Waals surface area contributed by atoms with Crippen molar-refractivity contribution in [1.29, 1.82) is 0 Å². The third-order valence-corrected chi connectivity index (χ3v) is 5.73. The first-order valence-electron chi connectivity index (χ1n) is 10.1. The van der Waals surface area contributed by atoms with Crippen LogP contribution in [0.1, 0.15) is 54.0 Å². The molecule has 1 atom stereocenters. The van der Waals surface area contributed by atoms with Crippen molar-refractivity contribution in [3.05, 3.63) is 89.2 Å². The number of para-hydroxylation sites is 1. The number of carbonyl (C=O) groups is 1. The van der Waals surface area contributed by atoms with Crippen LogP contribution in [0.2, 0.25) is 0 Å². The number of amides is 1. The lowest BCUT2D eigenvalue weighted by molar-refractivity contribution is 0.0660. The number of carbonyl (C=O) groups excluding carboxylic acids is 1. The van der Waals surface area contributed by atoms with E-state index in [9.17, 15) is 4.79 Å². The molecule has 2 aromatic carbocycles. The molecular weight excluding hydrogens is 360 g/mol. The number of aromatic nitrogens is 1. The first-order chi connectivity index (χ1) is 13.9. The van der Waals surface area contributed by atoms with Gasteiger partial charge in [-0.2, -0.15) is 0 Å². The quantitative estimate of drug-likeness (QED) is 0.630. The highest BCUT2D eigenvalue weighted by atomic mass is 16.5. The second-order valence-electron chi connectivity index (χ2n) is 8.60. The molecular formula is C25H28N2O2. The maximum Gasteiger partial charge on any atom is 0.258 e. The SMILES string of the molecule is COc1ccccc1C(=O)N1CCn2cccc2C1c1ccc(C(C)(C)C)cc1. The van der Waals surface area contributed by atoms with Crippen molar-refractivity contribution in [3.63, 3.8) is 0 Å². The fourth-order valence-electron chi connectivity index (χ4n) is 4.09. The van der Waals surface area contributed by atoms with E-state index in [1.54, 1.807) is 7.11 Å². The lowest BCUT2D eigenvalue weighted by Crippen LogP contribution is -2.42. The summed E-state index contributed by atoms with van der Waals surface area (Å²) in [5, 5.41) is 0. The molecule has 1 unspecified atom stereocenters. The molecule has 4 rings (SSSR count). The number of hydrogen-bond acceptors (Lipinski definition) is 2. The van der Waals surface area contributed by atoms with Gasteiger partial charge in [0.2, 0.25) is 0 Å². The number of ether oxygens (including phenoxy) is 1. The molecule has 0 radical (unpaired) electrons. The number of hydrogen-bond donors (Lipinski definition) is 0. The Morgan fingerprint density at radius 3 is 2.38 bits per heavy atom. The second-order valence-corrected chi connectivity index (χ2v) is 8.60. The van der Waals surface area contributed by atoms with Crippen LogP contribution in [0, 0.1) is 0 Å². The minimum atomic E-state index is -0.120. The molecule has 0 saturated carbocycles. The van der Waals surface area contributed by atoms with Gasteiger partial charge in [-0.1, -0.05) is 57.2 Å². The first kappa shape index (κ1) is 19.3. The van der Waals surface area contributed by atoms with Gasteiger partial charge in [0.15, 0.2) is 0 Å². The molecule has 3 aromatic rings. The van der Waals surface area contributed by atoms with E-state index in [2.05, 4.69) is 67.9 Å². The third kappa shape index (κ3) is 3.55. The van der Waals surface area contributed by atoms with Gasteiger partial charge in [-0.25, -0.2) is 0 Å². The Balaban J connectivity index is 1.76. The van der Waals surface area contributed by atoms with E-state index in [1.807, 2.05) is 29.2 Å². The van der Waals surface area contributed by atoms with Crippen LogP contribution in [-0.4, -0.2) is 29.0 Å². The molecule has 29 heavy (non-hydrogen) atoms. The summed E-state index contributed by atoms with van der Waals surface area (Å²) in [4.78, 5) is 15.5. The number of nitrogens with zero attached hydrogens (tertiary/aromatic N) is 2. The van der Waals surface area contributed by atoms with Crippen LogP contribution >= 0.6 is 0 Å². The second kappa shape index (κ2) is 7.43. The number of rotatable bonds is 3. The van der Waals surface area contributed by atoms with Crippen molar-refractivity contribution in [2.24, 2.45) is 0 Å². The molecule has 1 amide bonds. The molecule has 0 spiro atoms. The maximum absolute atomic E-state index is 13.6. The van der Waals surface area contributed by atoms with Gasteiger partial charge in [0, 0.05) is 25.0 Å². The summed E-state index contributed by atoms with van der Waals surface area (Å²) in [5.41, 5.74) is 4.25. The Labute approximate surface area is 172 Å². The van der Waals surface area contributed by atoms with Gasteiger partial charge in [0.1, 0.15) is 5.75 Å². The maximum atomic E-state index is 13.6. The monoisotopic (exact) mass is 388 g/mol. The van der Waals surface area contributed by atoms with Gasteiger partial charge < -0.3 is 14.2 Å². The lowest BCUT2D eigenvalue weighted by atomic mass is 9.86. The molecule has 150 valence electrons. The minimum Gasteiger partial charge on any atom is -0.496 e. The van der Waals surface area contributed by atoms with Gasteiger partial charge in [-0.15, -0.1) is 0 Å². The molecule has 1 aliphatic heterocycles. The van der Waals surface area contributed by atoms with E-state index >= 15 is 0 Å². The van der Waals surface area contributed by atoms with Gasteiger partial charge in [0.05, 0.1) is 18.7 Å². The summed E-state index contributed by atoms with van der Waals surface area (Å²) in [6.07, 6.45) is 2.09. The minimum absolute atomic E-state index is 0.000187. The van der Waals surface area contributed by atoms with Crippen LogP contribution in [0.25, 0.3) is 0 Å². The van der Waals surface area contributed by atoms with Crippen molar-refractivity contribution >= 4 is 5.91 Å². The smallest absolute Gasteiger partial charge is 0.258 e. The molecule has 4 heteroatoms. The van der Waals surface area contributed by atoms with Crippen molar-refractivity contribution < 1.29 is 9.53 Å². The van der Waals surface area contributed by atoms with E-state index < -0.39 is 0 Å². The van der Waals surface area contributed by atoms with Gasteiger partial charge in [-0.05, 0) is 40.8 Å². The van der Waals surface area contributed by atoms with Crippen molar-refractivity contribution in [2.75, 3.05) is 13.7 Å². The van der Waals surface area contributed by atoms with E-state index in [-0.39, 0.29) is 17.4 Å². The predicted molar refractivity (Wildman–Crippen MR) is 115 cm³/mol. The summed E-state index contributed by atoms with van der Waals surface area (Å²) in [5.74, 6) is 0.611. The van der Waals surface area contributed by atoms with Crippen LogP contribution in [0.5, 0.6) is 5.75 Å². The Morgan fingerprint density at radius 1 is 0.966 bits per heavy atom. The van der Waals surface area contributed by atoms with Crippen molar-refractivity contribution in [3.8, 4) is 5.75 Å². The van der Waals surface area contributed by atoms with Crippen LogP contribution in [0.3, 0.4) is 0 Å². The molecule has 0 N–H and O–H groups in total. The van der Waals surface area contributed by atoms with Crippen molar-refractivity contribution in [1.82, 2.24) is 9.47 Å². The molecule has 2 heterocycles. The zero-order valence-electron chi connectivity index (χ0n) is 17.6. The largest absolute Gasteiger partial charge is 0.496 e. The number of fused-ring (bicyclic) bond motifs is 1. The summed E-state index contributed by atoms with van der Waals surface area (Å²) in [6, 6.07) is 20.2. The molecule has 0 aliphatic carbocycles. The van der Waals surface area contributed by atoms with Crippen LogP contribution < -0.4 is 4.74 Å². The Hall–Kier alpha value is -3.01. The van der Waals surface area contributed by atoms with E-state index in [0.29, 0.717) is 17.9 Å². The summed E-state index contributed by atoms with van der Waals surface area (Å²) >= 11 is 0. The summed E-state index contributed by atoms with van der Waals surface area (Å²) in [7, 11) is 1.61. The fourth-order valence-corrected chi connectivity index (χ4v) is 4.09. The Morgan fingerprint density at radius 2 is 1.69 bits per heavy atom. The summed E-state index contributed by atoms with van der Waals surface area (Å²) < 4.78 is 7.70. The standard InChI is InChI=1S/C25H28N2O2/c1-25(2,3)19-13-11-18(12-14-19)23-21-9-7-15-26(21)16-17-27(23)24(28)20-8-5-6-10-22(20)29-4/h5-15,23H,16-17H2,1-4H3. The average Bonchev–Trinajstić information content (AvgIpc) is 3.21. The number of methoxy groups -OCH3 is 1. The third-order valence-electron chi connectivity index (χ3n) is 5.73. The predicted octanol–water partition coefficient (Wildman–Crippen LogP) is 5.04. The highest BCUT2D eigenvalue weighted by molar-refractivity contribution is 5.97. The molecule has 0 bridgehead atoms. The molecule has 4 nitrogen and oxygen atoms in total. The normalized spacial score (nSPS) is 16.4.